The monoisotopic (exact) mass is 343 g/mol. The van der Waals surface area contributed by atoms with E-state index >= 15 is 0 Å². The molecule has 0 atom stereocenters. The number of rotatable bonds is 3. The first-order chi connectivity index (χ1) is 11.1. The molecule has 5 nitrogen and oxygen atoms in total. The molecule has 0 aliphatic heterocycles. The SMILES string of the molecule is Cc1nn(C)c2sc(C(=O)OCc3nc4ccccc4s3)cc12. The van der Waals surface area contributed by atoms with E-state index in [4.69, 9.17) is 4.74 Å². The first-order valence-corrected chi connectivity index (χ1v) is 8.70. The molecule has 0 unspecified atom stereocenters. The summed E-state index contributed by atoms with van der Waals surface area (Å²) in [6.07, 6.45) is 0. The normalized spacial score (nSPS) is 11.4. The zero-order chi connectivity index (χ0) is 16.0. The number of esters is 1. The maximum atomic E-state index is 12.3. The van der Waals surface area contributed by atoms with E-state index in [-0.39, 0.29) is 12.6 Å². The van der Waals surface area contributed by atoms with Gasteiger partial charge in [0.25, 0.3) is 0 Å². The lowest BCUT2D eigenvalue weighted by atomic mass is 10.3. The van der Waals surface area contributed by atoms with Gasteiger partial charge in [0, 0.05) is 12.4 Å². The number of aryl methyl sites for hydroxylation is 2. The van der Waals surface area contributed by atoms with Crippen LogP contribution in [0.25, 0.3) is 20.4 Å². The second-order valence-corrected chi connectivity index (χ2v) is 7.34. The van der Waals surface area contributed by atoms with E-state index in [0.717, 1.165) is 31.1 Å². The summed E-state index contributed by atoms with van der Waals surface area (Å²) in [6, 6.07) is 9.75. The molecule has 0 saturated carbocycles. The van der Waals surface area contributed by atoms with Crippen LogP contribution in [-0.4, -0.2) is 20.7 Å². The third-order valence-corrected chi connectivity index (χ3v) is 5.75. The van der Waals surface area contributed by atoms with Crippen LogP contribution in [0.5, 0.6) is 0 Å². The second-order valence-electron chi connectivity index (χ2n) is 5.19. The van der Waals surface area contributed by atoms with Crippen molar-refractivity contribution in [1.82, 2.24) is 14.8 Å². The van der Waals surface area contributed by atoms with Gasteiger partial charge in [-0.05, 0) is 25.1 Å². The fourth-order valence-corrected chi connectivity index (χ4v) is 4.38. The van der Waals surface area contributed by atoms with Crippen LogP contribution in [0.2, 0.25) is 0 Å². The topological polar surface area (TPSA) is 57.0 Å². The van der Waals surface area contributed by atoms with Crippen LogP contribution in [0.4, 0.5) is 0 Å². The van der Waals surface area contributed by atoms with Gasteiger partial charge in [0.15, 0.2) is 0 Å². The fourth-order valence-electron chi connectivity index (χ4n) is 2.49. The molecule has 0 radical (unpaired) electrons. The number of thiophene rings is 1. The molecule has 0 aliphatic rings. The molecule has 0 amide bonds. The summed E-state index contributed by atoms with van der Waals surface area (Å²) in [5.74, 6) is -0.315. The van der Waals surface area contributed by atoms with Crippen molar-refractivity contribution in [2.24, 2.45) is 7.05 Å². The zero-order valence-electron chi connectivity index (χ0n) is 12.6. The fraction of sp³-hybridized carbons (Fsp3) is 0.188. The molecule has 23 heavy (non-hydrogen) atoms. The molecule has 3 heterocycles. The zero-order valence-corrected chi connectivity index (χ0v) is 14.2. The van der Waals surface area contributed by atoms with Gasteiger partial charge in [-0.15, -0.1) is 22.7 Å². The van der Waals surface area contributed by atoms with Crippen LogP contribution in [-0.2, 0) is 18.4 Å². The molecule has 7 heteroatoms. The highest BCUT2D eigenvalue weighted by molar-refractivity contribution is 7.20. The summed E-state index contributed by atoms with van der Waals surface area (Å²) < 4.78 is 8.30. The lowest BCUT2D eigenvalue weighted by molar-refractivity contribution is 0.0478. The molecule has 0 aliphatic carbocycles. The summed E-state index contributed by atoms with van der Waals surface area (Å²) in [6.45, 7) is 2.13. The lowest BCUT2D eigenvalue weighted by Gasteiger charge is -1.99. The molecule has 0 N–H and O–H groups in total. The summed E-state index contributed by atoms with van der Waals surface area (Å²) >= 11 is 2.95. The van der Waals surface area contributed by atoms with E-state index in [1.165, 1.54) is 11.3 Å². The molecule has 0 saturated heterocycles. The van der Waals surface area contributed by atoms with Crippen LogP contribution in [0.3, 0.4) is 0 Å². The Hall–Kier alpha value is -2.25. The Morgan fingerprint density at radius 3 is 2.91 bits per heavy atom. The van der Waals surface area contributed by atoms with E-state index in [1.54, 1.807) is 16.0 Å². The maximum absolute atomic E-state index is 12.3. The number of thiazole rings is 1. The third-order valence-electron chi connectivity index (χ3n) is 3.56. The van der Waals surface area contributed by atoms with Crippen molar-refractivity contribution < 1.29 is 9.53 Å². The van der Waals surface area contributed by atoms with Crippen LogP contribution >= 0.6 is 22.7 Å². The minimum Gasteiger partial charge on any atom is -0.454 e. The molecule has 3 aromatic heterocycles. The Labute approximate surface area is 140 Å². The van der Waals surface area contributed by atoms with E-state index in [9.17, 15) is 4.79 Å². The molecule has 1 aromatic carbocycles. The summed E-state index contributed by atoms with van der Waals surface area (Å²) in [4.78, 5) is 18.3. The van der Waals surface area contributed by atoms with Crippen molar-refractivity contribution in [3.63, 3.8) is 0 Å². The van der Waals surface area contributed by atoms with Crippen molar-refractivity contribution in [3.8, 4) is 0 Å². The molecule has 4 rings (SSSR count). The first kappa shape index (κ1) is 14.3. The second kappa shape index (κ2) is 5.43. The van der Waals surface area contributed by atoms with Gasteiger partial charge in [0.05, 0.1) is 15.9 Å². The van der Waals surface area contributed by atoms with Gasteiger partial charge in [0.2, 0.25) is 0 Å². The molecule has 0 fully saturated rings. The molecular formula is C16H13N3O2S2. The average molecular weight is 343 g/mol. The Morgan fingerprint density at radius 1 is 1.30 bits per heavy atom. The number of carbonyl (C=O) groups excluding carboxylic acids is 1. The van der Waals surface area contributed by atoms with Gasteiger partial charge in [-0.3, -0.25) is 4.68 Å². The Morgan fingerprint density at radius 2 is 2.13 bits per heavy atom. The van der Waals surface area contributed by atoms with Gasteiger partial charge in [0.1, 0.15) is 21.3 Å². The van der Waals surface area contributed by atoms with Gasteiger partial charge >= 0.3 is 5.97 Å². The first-order valence-electron chi connectivity index (χ1n) is 7.06. The number of fused-ring (bicyclic) bond motifs is 2. The quantitative estimate of drug-likeness (QED) is 0.529. The third kappa shape index (κ3) is 2.51. The van der Waals surface area contributed by atoms with Gasteiger partial charge in [-0.2, -0.15) is 5.10 Å². The number of ether oxygens (including phenoxy) is 1. The van der Waals surface area contributed by atoms with E-state index in [1.807, 2.05) is 44.3 Å². The Balaban J connectivity index is 1.53. The van der Waals surface area contributed by atoms with E-state index < -0.39 is 0 Å². The van der Waals surface area contributed by atoms with Crippen molar-refractivity contribution in [3.05, 3.63) is 45.9 Å². The van der Waals surface area contributed by atoms with Crippen LogP contribution in [0.1, 0.15) is 20.4 Å². The number of aromatic nitrogens is 3. The minimum atomic E-state index is -0.315. The highest BCUT2D eigenvalue weighted by atomic mass is 32.1. The van der Waals surface area contributed by atoms with E-state index in [0.29, 0.717) is 4.88 Å². The molecule has 4 aromatic rings. The van der Waals surface area contributed by atoms with Crippen molar-refractivity contribution in [1.29, 1.82) is 0 Å². The van der Waals surface area contributed by atoms with Gasteiger partial charge in [-0.1, -0.05) is 12.1 Å². The highest BCUT2D eigenvalue weighted by Crippen LogP contribution is 2.28. The average Bonchev–Trinajstić information content (AvgIpc) is 3.21. The standard InChI is InChI=1S/C16H13N3O2S2/c1-9-10-7-13(23-15(10)19(2)18-9)16(20)21-8-14-17-11-5-3-4-6-12(11)22-14/h3-7H,8H2,1-2H3. The predicted octanol–water partition coefficient (Wildman–Crippen LogP) is 3.91. The number of para-hydroxylation sites is 1. The summed E-state index contributed by atoms with van der Waals surface area (Å²) in [5.41, 5.74) is 1.86. The molecular weight excluding hydrogens is 330 g/mol. The molecule has 116 valence electrons. The largest absolute Gasteiger partial charge is 0.454 e. The van der Waals surface area contributed by atoms with Crippen LogP contribution in [0, 0.1) is 6.92 Å². The minimum absolute atomic E-state index is 0.198. The molecule has 0 bridgehead atoms. The predicted molar refractivity (Wildman–Crippen MR) is 92.1 cm³/mol. The number of hydrogen-bond acceptors (Lipinski definition) is 6. The number of carbonyl (C=O) groups is 1. The lowest BCUT2D eigenvalue weighted by Crippen LogP contribution is -2.02. The molecule has 0 spiro atoms. The van der Waals surface area contributed by atoms with Crippen molar-refractivity contribution in [2.45, 2.75) is 13.5 Å². The maximum Gasteiger partial charge on any atom is 0.348 e. The number of nitrogens with zero attached hydrogens (tertiary/aromatic N) is 3. The van der Waals surface area contributed by atoms with Crippen molar-refractivity contribution >= 4 is 49.1 Å². The Kier molecular flexibility index (Phi) is 3.39. The Bertz CT molecular complexity index is 961. The van der Waals surface area contributed by atoms with Crippen LogP contribution < -0.4 is 0 Å². The summed E-state index contributed by atoms with van der Waals surface area (Å²) in [5, 5.41) is 6.14. The number of benzene rings is 1. The van der Waals surface area contributed by atoms with Crippen LogP contribution in [0.15, 0.2) is 30.3 Å². The van der Waals surface area contributed by atoms with Crippen molar-refractivity contribution in [2.75, 3.05) is 0 Å². The summed E-state index contributed by atoms with van der Waals surface area (Å²) in [7, 11) is 1.88. The van der Waals surface area contributed by atoms with Gasteiger partial charge in [-0.25, -0.2) is 9.78 Å². The number of hydrogen-bond donors (Lipinski definition) is 0. The van der Waals surface area contributed by atoms with E-state index in [2.05, 4.69) is 10.1 Å². The highest BCUT2D eigenvalue weighted by Gasteiger charge is 2.16. The smallest absolute Gasteiger partial charge is 0.348 e. The van der Waals surface area contributed by atoms with Gasteiger partial charge < -0.3 is 4.74 Å².